The highest BCUT2D eigenvalue weighted by Gasteiger charge is 2.26. The number of hydrogen-bond acceptors (Lipinski definition) is 6. The van der Waals surface area contributed by atoms with E-state index in [1.165, 1.54) is 5.56 Å². The zero-order valence-corrected chi connectivity index (χ0v) is 14.9. The van der Waals surface area contributed by atoms with Gasteiger partial charge in [-0.1, -0.05) is 6.07 Å². The third-order valence-electron chi connectivity index (χ3n) is 4.73. The van der Waals surface area contributed by atoms with Gasteiger partial charge in [-0.3, -0.25) is 4.90 Å². The maximum Gasteiger partial charge on any atom is 0.213 e. The summed E-state index contributed by atoms with van der Waals surface area (Å²) < 4.78 is 5.22. The Morgan fingerprint density at radius 1 is 1.21 bits per heavy atom. The molecule has 0 saturated carbocycles. The summed E-state index contributed by atoms with van der Waals surface area (Å²) in [6.07, 6.45) is 1.66. The van der Waals surface area contributed by atoms with Crippen LogP contribution in [0, 0.1) is 13.8 Å². The molecule has 0 radical (unpaired) electrons. The van der Waals surface area contributed by atoms with Crippen LogP contribution in [0.2, 0.25) is 0 Å². The number of nitrogens with zero attached hydrogens (tertiary/aromatic N) is 5. The zero-order valence-electron chi connectivity index (χ0n) is 14.9. The van der Waals surface area contributed by atoms with Gasteiger partial charge in [-0.25, -0.2) is 15.0 Å². The van der Waals surface area contributed by atoms with Gasteiger partial charge in [0.25, 0.3) is 0 Å². The van der Waals surface area contributed by atoms with Gasteiger partial charge in [0.05, 0.1) is 12.8 Å². The van der Waals surface area contributed by atoms with Crippen LogP contribution >= 0.6 is 0 Å². The molecule has 0 aromatic carbocycles. The van der Waals surface area contributed by atoms with E-state index in [1.54, 1.807) is 13.4 Å². The molecule has 1 saturated heterocycles. The predicted molar refractivity (Wildman–Crippen MR) is 94.4 cm³/mol. The van der Waals surface area contributed by atoms with Crippen molar-refractivity contribution in [3.8, 4) is 5.88 Å². The quantitative estimate of drug-likeness (QED) is 0.858. The molecule has 1 fully saturated rings. The Balaban J connectivity index is 1.68. The van der Waals surface area contributed by atoms with Gasteiger partial charge in [0.1, 0.15) is 12.1 Å². The van der Waals surface area contributed by atoms with Crippen LogP contribution < -0.4 is 9.64 Å². The van der Waals surface area contributed by atoms with E-state index in [1.807, 2.05) is 19.1 Å². The number of methoxy groups -OCH3 is 1. The monoisotopic (exact) mass is 327 g/mol. The predicted octanol–water partition coefficient (Wildman–Crippen LogP) is 2.21. The molecule has 128 valence electrons. The van der Waals surface area contributed by atoms with Crippen molar-refractivity contribution < 1.29 is 4.74 Å². The van der Waals surface area contributed by atoms with Gasteiger partial charge in [-0.15, -0.1) is 0 Å². The van der Waals surface area contributed by atoms with Gasteiger partial charge in [0.15, 0.2) is 0 Å². The number of rotatable bonds is 4. The van der Waals surface area contributed by atoms with Crippen molar-refractivity contribution in [2.75, 3.05) is 31.6 Å². The number of anilines is 1. The molecule has 6 nitrogen and oxygen atoms in total. The summed E-state index contributed by atoms with van der Waals surface area (Å²) in [5.74, 6) is 1.74. The first-order chi connectivity index (χ1) is 11.6. The van der Waals surface area contributed by atoms with Crippen LogP contribution in [0.1, 0.15) is 23.9 Å². The number of aromatic nitrogens is 3. The fraction of sp³-hybridized carbons (Fsp3) is 0.500. The van der Waals surface area contributed by atoms with Crippen LogP contribution in [-0.2, 0) is 6.54 Å². The number of hydrogen-bond donors (Lipinski definition) is 0. The second kappa shape index (κ2) is 7.13. The second-order valence-corrected chi connectivity index (χ2v) is 6.34. The van der Waals surface area contributed by atoms with E-state index in [9.17, 15) is 0 Å². The number of pyridine rings is 1. The fourth-order valence-corrected chi connectivity index (χ4v) is 3.13. The molecule has 3 rings (SSSR count). The zero-order chi connectivity index (χ0) is 17.1. The van der Waals surface area contributed by atoms with Crippen LogP contribution in [0.3, 0.4) is 0 Å². The molecule has 1 atom stereocenters. The maximum absolute atomic E-state index is 5.22. The Morgan fingerprint density at radius 3 is 2.79 bits per heavy atom. The van der Waals surface area contributed by atoms with E-state index in [-0.39, 0.29) is 0 Å². The van der Waals surface area contributed by atoms with Crippen LogP contribution in [0.5, 0.6) is 5.88 Å². The second-order valence-electron chi connectivity index (χ2n) is 6.34. The van der Waals surface area contributed by atoms with Crippen LogP contribution in [0.4, 0.5) is 5.82 Å². The minimum Gasteiger partial charge on any atom is -0.481 e. The van der Waals surface area contributed by atoms with Crippen molar-refractivity contribution in [3.63, 3.8) is 0 Å². The Kier molecular flexibility index (Phi) is 4.94. The molecule has 2 aromatic heterocycles. The summed E-state index contributed by atoms with van der Waals surface area (Å²) in [4.78, 5) is 18.1. The van der Waals surface area contributed by atoms with Crippen LogP contribution in [-0.4, -0.2) is 52.6 Å². The van der Waals surface area contributed by atoms with Gasteiger partial charge >= 0.3 is 0 Å². The third-order valence-corrected chi connectivity index (χ3v) is 4.73. The van der Waals surface area contributed by atoms with Crippen molar-refractivity contribution in [3.05, 3.63) is 41.5 Å². The first-order valence-electron chi connectivity index (χ1n) is 8.35. The molecule has 2 aromatic rings. The lowest BCUT2D eigenvalue weighted by Crippen LogP contribution is -2.52. The molecule has 0 amide bonds. The van der Waals surface area contributed by atoms with Gasteiger partial charge in [-0.05, 0) is 26.8 Å². The molecule has 0 N–H and O–H groups in total. The average molecular weight is 327 g/mol. The first-order valence-corrected chi connectivity index (χ1v) is 8.35. The summed E-state index contributed by atoms with van der Waals surface area (Å²) in [6, 6.07) is 6.36. The number of ether oxygens (including phenoxy) is 1. The van der Waals surface area contributed by atoms with Gasteiger partial charge in [0, 0.05) is 49.5 Å². The highest BCUT2D eigenvalue weighted by atomic mass is 16.5. The molecule has 24 heavy (non-hydrogen) atoms. The fourth-order valence-electron chi connectivity index (χ4n) is 3.13. The van der Waals surface area contributed by atoms with Crippen molar-refractivity contribution >= 4 is 5.82 Å². The van der Waals surface area contributed by atoms with Crippen LogP contribution in [0.15, 0.2) is 24.5 Å². The van der Waals surface area contributed by atoms with Crippen molar-refractivity contribution in [1.29, 1.82) is 0 Å². The molecule has 0 spiro atoms. The molecular weight excluding hydrogens is 302 g/mol. The standard InChI is InChI=1S/C18H25N5O/c1-13-10-23(18-14(2)15(3)19-12-20-18)9-8-22(13)11-16-6-5-7-17(21-16)24-4/h5-7,12-13H,8-11H2,1-4H3. The molecule has 0 aliphatic carbocycles. The molecule has 1 unspecified atom stereocenters. The Labute approximate surface area is 143 Å². The van der Waals surface area contributed by atoms with E-state index in [2.05, 4.69) is 44.7 Å². The van der Waals surface area contributed by atoms with Gasteiger partial charge in [0.2, 0.25) is 5.88 Å². The summed E-state index contributed by atoms with van der Waals surface area (Å²) in [7, 11) is 1.65. The summed E-state index contributed by atoms with van der Waals surface area (Å²) in [5, 5.41) is 0. The van der Waals surface area contributed by atoms with E-state index >= 15 is 0 Å². The molecule has 1 aliphatic heterocycles. The first kappa shape index (κ1) is 16.6. The van der Waals surface area contributed by atoms with Gasteiger partial charge in [-0.2, -0.15) is 0 Å². The van der Waals surface area contributed by atoms with E-state index in [0.717, 1.165) is 43.4 Å². The smallest absolute Gasteiger partial charge is 0.213 e. The molecule has 1 aliphatic rings. The third kappa shape index (κ3) is 3.48. The highest BCUT2D eigenvalue weighted by molar-refractivity contribution is 5.48. The molecule has 3 heterocycles. The summed E-state index contributed by atoms with van der Waals surface area (Å²) in [5.41, 5.74) is 3.27. The molecular formula is C18H25N5O. The Bertz CT molecular complexity index is 706. The SMILES string of the molecule is COc1cccc(CN2CCN(c3ncnc(C)c3C)CC2C)n1. The lowest BCUT2D eigenvalue weighted by atomic mass is 10.1. The lowest BCUT2D eigenvalue weighted by molar-refractivity contribution is 0.178. The highest BCUT2D eigenvalue weighted by Crippen LogP contribution is 2.22. The van der Waals surface area contributed by atoms with Crippen molar-refractivity contribution in [1.82, 2.24) is 19.9 Å². The van der Waals surface area contributed by atoms with Gasteiger partial charge < -0.3 is 9.64 Å². The lowest BCUT2D eigenvalue weighted by Gasteiger charge is -2.40. The number of piperazine rings is 1. The largest absolute Gasteiger partial charge is 0.481 e. The Hall–Kier alpha value is -2.21. The Morgan fingerprint density at radius 2 is 2.04 bits per heavy atom. The maximum atomic E-state index is 5.22. The van der Waals surface area contributed by atoms with E-state index in [0.29, 0.717) is 11.9 Å². The minimum atomic E-state index is 0.432. The van der Waals surface area contributed by atoms with E-state index in [4.69, 9.17) is 4.74 Å². The normalized spacial score (nSPS) is 18.7. The molecule has 0 bridgehead atoms. The average Bonchev–Trinajstić information content (AvgIpc) is 2.59. The minimum absolute atomic E-state index is 0.432. The summed E-state index contributed by atoms with van der Waals surface area (Å²) >= 11 is 0. The van der Waals surface area contributed by atoms with E-state index < -0.39 is 0 Å². The van der Waals surface area contributed by atoms with Crippen molar-refractivity contribution in [2.45, 2.75) is 33.4 Å². The van der Waals surface area contributed by atoms with Crippen molar-refractivity contribution in [2.24, 2.45) is 0 Å². The van der Waals surface area contributed by atoms with Crippen LogP contribution in [0.25, 0.3) is 0 Å². The topological polar surface area (TPSA) is 54.4 Å². The molecule has 6 heteroatoms. The summed E-state index contributed by atoms with van der Waals surface area (Å²) in [6.45, 7) is 10.1. The number of aryl methyl sites for hydroxylation is 1.